The average molecular weight is 672 g/mol. The molecule has 0 bridgehead atoms. The summed E-state index contributed by atoms with van der Waals surface area (Å²) in [6.07, 6.45) is 33.3. The molecule has 46 heavy (non-hydrogen) atoms. The first kappa shape index (κ1) is 43.3. The molecule has 0 aromatic carbocycles. The number of ether oxygens (including phenoxy) is 2. The first-order valence-electron chi connectivity index (χ1n) is 19.7. The summed E-state index contributed by atoms with van der Waals surface area (Å²) in [5, 5.41) is 0. The zero-order valence-corrected chi connectivity index (χ0v) is 31.4. The van der Waals surface area contributed by atoms with Crippen molar-refractivity contribution in [2.45, 2.75) is 200 Å². The lowest BCUT2D eigenvalue weighted by atomic mass is 10.0. The van der Waals surface area contributed by atoms with Crippen LogP contribution in [0.1, 0.15) is 194 Å². The first-order chi connectivity index (χ1) is 22.6. The lowest BCUT2D eigenvalue weighted by molar-refractivity contribution is -0.161. The third kappa shape index (κ3) is 27.2. The van der Waals surface area contributed by atoms with E-state index in [1.807, 2.05) is 11.7 Å². The summed E-state index contributed by atoms with van der Waals surface area (Å²) in [5.41, 5.74) is 0. The van der Waals surface area contributed by atoms with Gasteiger partial charge in [-0.2, -0.15) is 0 Å². The fourth-order valence-electron chi connectivity index (χ4n) is 5.91. The maximum absolute atomic E-state index is 12.6. The zero-order chi connectivity index (χ0) is 33.3. The van der Waals surface area contributed by atoms with Crippen molar-refractivity contribution in [1.29, 1.82) is 0 Å². The molecular weight excluding hydrogens is 597 g/mol. The molecule has 1 heterocycles. The highest BCUT2D eigenvalue weighted by atomic mass is 31.2. The molecular formula is C38H74NO6P. The molecule has 0 spiro atoms. The molecule has 2 unspecified atom stereocenters. The summed E-state index contributed by atoms with van der Waals surface area (Å²) in [6, 6.07) is 0. The molecule has 0 aliphatic carbocycles. The molecule has 2 atom stereocenters. The second kappa shape index (κ2) is 32.8. The highest BCUT2D eigenvalue weighted by molar-refractivity contribution is 7.44. The summed E-state index contributed by atoms with van der Waals surface area (Å²) in [6.45, 7) is 6.20. The summed E-state index contributed by atoms with van der Waals surface area (Å²) in [5.74, 6) is -0.460. The Kier molecular flexibility index (Phi) is 30.8. The summed E-state index contributed by atoms with van der Waals surface area (Å²) < 4.78 is 24.8. The first-order valence-corrected chi connectivity index (χ1v) is 20.8. The molecule has 1 aliphatic heterocycles. The Morgan fingerprint density at radius 2 is 0.978 bits per heavy atom. The normalized spacial score (nSPS) is 15.8. The molecule has 0 aromatic rings. The number of carbonyl (C=O) groups is 2. The van der Waals surface area contributed by atoms with Crippen molar-refractivity contribution >= 4 is 20.5 Å². The van der Waals surface area contributed by atoms with Crippen molar-refractivity contribution in [3.05, 3.63) is 0 Å². The van der Waals surface area contributed by atoms with E-state index in [1.54, 1.807) is 0 Å². The Morgan fingerprint density at radius 1 is 0.587 bits per heavy atom. The lowest BCUT2D eigenvalue weighted by Gasteiger charge is -2.21. The van der Waals surface area contributed by atoms with Crippen LogP contribution >= 0.6 is 8.53 Å². The average Bonchev–Trinajstić information content (AvgIpc) is 3.47. The Balaban J connectivity index is 2.14. The molecule has 8 heteroatoms. The van der Waals surface area contributed by atoms with Crippen LogP contribution in [0.25, 0.3) is 0 Å². The quantitative estimate of drug-likeness (QED) is 0.0383. The SMILES string of the molecule is CCCCCCCCCCCCCCCC(=O)OCC(COP1OCCN1C)OC(=O)CCCCCCCCCCCCCCC. The minimum atomic E-state index is -1.14. The summed E-state index contributed by atoms with van der Waals surface area (Å²) in [7, 11) is 0.822. The number of hydrogen-bond acceptors (Lipinski definition) is 7. The topological polar surface area (TPSA) is 74.3 Å². The molecule has 1 aliphatic rings. The van der Waals surface area contributed by atoms with Crippen molar-refractivity contribution in [3.63, 3.8) is 0 Å². The number of hydrogen-bond donors (Lipinski definition) is 0. The van der Waals surface area contributed by atoms with Gasteiger partial charge < -0.3 is 18.5 Å². The van der Waals surface area contributed by atoms with Gasteiger partial charge in [-0.3, -0.25) is 9.59 Å². The van der Waals surface area contributed by atoms with Gasteiger partial charge in [-0.05, 0) is 19.9 Å². The smallest absolute Gasteiger partial charge is 0.306 e. The second-order valence-electron chi connectivity index (χ2n) is 13.5. The predicted octanol–water partition coefficient (Wildman–Crippen LogP) is 11.6. The van der Waals surface area contributed by atoms with E-state index in [2.05, 4.69) is 13.8 Å². The lowest BCUT2D eigenvalue weighted by Crippen LogP contribution is -2.29. The standard InChI is InChI=1S/C38H74NO6P/c1-4-6-8-10-12-14-16-18-20-22-24-26-28-30-37(40)42-34-36(35-44-46-39(3)32-33-43-46)45-38(41)31-29-27-25-23-21-19-17-15-13-11-9-7-5-2/h36H,4-35H2,1-3H3. The number of rotatable bonds is 34. The molecule has 7 nitrogen and oxygen atoms in total. The van der Waals surface area contributed by atoms with Crippen LogP contribution in [-0.4, -0.2) is 56.1 Å². The molecule has 1 fully saturated rings. The fraction of sp³-hybridized carbons (Fsp3) is 0.947. The van der Waals surface area contributed by atoms with Crippen molar-refractivity contribution in [2.24, 2.45) is 0 Å². The van der Waals surface area contributed by atoms with E-state index in [4.69, 9.17) is 18.5 Å². The van der Waals surface area contributed by atoms with E-state index in [0.29, 0.717) is 19.4 Å². The molecule has 1 rings (SSSR count). The van der Waals surface area contributed by atoms with Gasteiger partial charge in [-0.15, -0.1) is 0 Å². The highest BCUT2D eigenvalue weighted by Crippen LogP contribution is 2.45. The minimum absolute atomic E-state index is 0.0362. The van der Waals surface area contributed by atoms with Gasteiger partial charge in [0.25, 0.3) is 8.53 Å². The monoisotopic (exact) mass is 672 g/mol. The third-order valence-electron chi connectivity index (χ3n) is 8.96. The van der Waals surface area contributed by atoms with Crippen LogP contribution in [0.3, 0.4) is 0 Å². The van der Waals surface area contributed by atoms with Crippen LogP contribution in [0.15, 0.2) is 0 Å². The number of nitrogens with zero attached hydrogens (tertiary/aromatic N) is 1. The Bertz CT molecular complexity index is 696. The Labute approximate surface area is 286 Å². The molecule has 0 N–H and O–H groups in total. The zero-order valence-electron chi connectivity index (χ0n) is 30.5. The molecule has 272 valence electrons. The maximum Gasteiger partial charge on any atom is 0.306 e. The molecule has 1 saturated heterocycles. The van der Waals surface area contributed by atoms with Gasteiger partial charge >= 0.3 is 11.9 Å². The van der Waals surface area contributed by atoms with Crippen LogP contribution in [0.5, 0.6) is 0 Å². The molecule has 0 radical (unpaired) electrons. The summed E-state index contributed by atoms with van der Waals surface area (Å²) in [4.78, 5) is 25.0. The second-order valence-corrected chi connectivity index (χ2v) is 15.2. The van der Waals surface area contributed by atoms with Crippen molar-refractivity contribution < 1.29 is 28.1 Å². The van der Waals surface area contributed by atoms with E-state index in [-0.39, 0.29) is 25.2 Å². The van der Waals surface area contributed by atoms with Gasteiger partial charge in [0, 0.05) is 19.4 Å². The van der Waals surface area contributed by atoms with Crippen LogP contribution in [0.4, 0.5) is 0 Å². The number of likely N-dealkylation sites (N-methyl/N-ethyl adjacent to an activating group) is 1. The van der Waals surface area contributed by atoms with Gasteiger partial charge in [0.1, 0.15) is 6.61 Å². The van der Waals surface area contributed by atoms with Crippen LogP contribution in [-0.2, 0) is 28.1 Å². The molecule has 0 saturated carbocycles. The Morgan fingerprint density at radius 3 is 1.37 bits per heavy atom. The minimum Gasteiger partial charge on any atom is -0.462 e. The molecule has 0 aromatic heterocycles. The van der Waals surface area contributed by atoms with Gasteiger partial charge in [0.2, 0.25) is 0 Å². The maximum atomic E-state index is 12.6. The number of carbonyl (C=O) groups excluding carboxylic acids is 2. The Hall–Kier alpha value is -0.750. The van der Waals surface area contributed by atoms with Crippen LogP contribution < -0.4 is 0 Å². The number of esters is 2. The van der Waals surface area contributed by atoms with Crippen molar-refractivity contribution in [2.75, 3.05) is 33.4 Å². The predicted molar refractivity (Wildman–Crippen MR) is 193 cm³/mol. The third-order valence-corrected chi connectivity index (χ3v) is 10.5. The molecule has 0 amide bonds. The van der Waals surface area contributed by atoms with Crippen LogP contribution in [0.2, 0.25) is 0 Å². The largest absolute Gasteiger partial charge is 0.462 e. The van der Waals surface area contributed by atoms with Gasteiger partial charge in [-0.1, -0.05) is 168 Å². The van der Waals surface area contributed by atoms with Crippen molar-refractivity contribution in [1.82, 2.24) is 4.67 Å². The summed E-state index contributed by atoms with van der Waals surface area (Å²) >= 11 is 0. The fourth-order valence-corrected chi connectivity index (χ4v) is 7.15. The van der Waals surface area contributed by atoms with E-state index >= 15 is 0 Å². The van der Waals surface area contributed by atoms with E-state index in [1.165, 1.54) is 141 Å². The van der Waals surface area contributed by atoms with Gasteiger partial charge in [0.15, 0.2) is 6.10 Å². The number of unbranched alkanes of at least 4 members (excludes halogenated alkanes) is 24. The van der Waals surface area contributed by atoms with E-state index in [0.717, 1.165) is 32.2 Å². The van der Waals surface area contributed by atoms with Crippen molar-refractivity contribution in [3.8, 4) is 0 Å². The van der Waals surface area contributed by atoms with Gasteiger partial charge in [-0.25, -0.2) is 4.67 Å². The van der Waals surface area contributed by atoms with E-state index < -0.39 is 14.6 Å². The van der Waals surface area contributed by atoms with Gasteiger partial charge in [0.05, 0.1) is 13.2 Å². The van der Waals surface area contributed by atoms with E-state index in [9.17, 15) is 9.59 Å². The highest BCUT2D eigenvalue weighted by Gasteiger charge is 2.27. The van der Waals surface area contributed by atoms with Crippen LogP contribution in [0, 0.1) is 0 Å².